The number of aromatic nitrogens is 2. The van der Waals surface area contributed by atoms with Gasteiger partial charge in [-0.3, -0.25) is 0 Å². The quantitative estimate of drug-likeness (QED) is 0.674. The van der Waals surface area contributed by atoms with Gasteiger partial charge in [0.15, 0.2) is 0 Å². The number of hydrogen-bond acceptors (Lipinski definition) is 4. The van der Waals surface area contributed by atoms with Gasteiger partial charge in [-0.15, -0.1) is 0 Å². The van der Waals surface area contributed by atoms with E-state index < -0.39 is 0 Å². The third kappa shape index (κ3) is 6.06. The van der Waals surface area contributed by atoms with Gasteiger partial charge < -0.3 is 19.5 Å². The Balaban J connectivity index is 2.38. The van der Waals surface area contributed by atoms with E-state index in [1.165, 1.54) is 6.42 Å². The number of methoxy groups -OCH3 is 1. The minimum absolute atomic E-state index is 0.297. The molecule has 0 aliphatic rings. The van der Waals surface area contributed by atoms with Crippen LogP contribution in [0.5, 0.6) is 0 Å². The van der Waals surface area contributed by atoms with Crippen LogP contribution in [0.4, 0.5) is 5.95 Å². The minimum atomic E-state index is 0.297. The first-order valence-corrected chi connectivity index (χ1v) is 7.94. The Morgan fingerprint density at radius 3 is 2.67 bits per heavy atom. The molecule has 5 nitrogen and oxygen atoms in total. The maximum absolute atomic E-state index is 5.23. The Morgan fingerprint density at radius 2 is 2.05 bits per heavy atom. The largest absolute Gasteiger partial charge is 0.383 e. The van der Waals surface area contributed by atoms with E-state index >= 15 is 0 Å². The topological polar surface area (TPSA) is 42.3 Å². The summed E-state index contributed by atoms with van der Waals surface area (Å²) in [6.45, 7) is 11.4. The van der Waals surface area contributed by atoms with Gasteiger partial charge in [0.25, 0.3) is 0 Å². The number of unbranched alkanes of at least 4 members (excludes halogenated alkanes) is 1. The van der Waals surface area contributed by atoms with E-state index in [-0.39, 0.29) is 0 Å². The van der Waals surface area contributed by atoms with Crippen molar-refractivity contribution < 1.29 is 4.74 Å². The second-order valence-corrected chi connectivity index (χ2v) is 6.13. The maximum atomic E-state index is 5.23. The van der Waals surface area contributed by atoms with E-state index in [2.05, 4.69) is 53.8 Å². The van der Waals surface area contributed by atoms with Gasteiger partial charge in [-0.05, 0) is 54.1 Å². The van der Waals surface area contributed by atoms with Crippen molar-refractivity contribution in [3.8, 4) is 0 Å². The van der Waals surface area contributed by atoms with Crippen LogP contribution in [0.15, 0.2) is 6.20 Å². The Labute approximate surface area is 129 Å². The van der Waals surface area contributed by atoms with Crippen LogP contribution >= 0.6 is 0 Å². The van der Waals surface area contributed by atoms with E-state index in [1.807, 2.05) is 6.92 Å². The Bertz CT molecular complexity index is 403. The van der Waals surface area contributed by atoms with E-state index in [0.29, 0.717) is 18.7 Å². The molecule has 0 radical (unpaired) electrons. The molecule has 0 aliphatic carbocycles. The first kappa shape index (κ1) is 18.0. The normalized spacial score (nSPS) is 13.1. The van der Waals surface area contributed by atoms with Crippen molar-refractivity contribution in [2.75, 3.05) is 39.2 Å². The minimum Gasteiger partial charge on any atom is -0.383 e. The summed E-state index contributed by atoms with van der Waals surface area (Å²) in [5, 5.41) is 3.45. The van der Waals surface area contributed by atoms with Crippen LogP contribution < -0.4 is 5.32 Å². The molecule has 1 heterocycles. The lowest BCUT2D eigenvalue weighted by atomic mass is 10.2. The summed E-state index contributed by atoms with van der Waals surface area (Å²) in [6.07, 6.45) is 4.44. The van der Waals surface area contributed by atoms with Gasteiger partial charge in [0.1, 0.15) is 0 Å². The van der Waals surface area contributed by atoms with Gasteiger partial charge >= 0.3 is 0 Å². The standard InChI is InChI=1S/C16H32N4O/c1-13(2)19(5)10-8-7-9-17-16-18-14(3)11-20(16)15(4)12-21-6/h11,13,15H,7-10,12H2,1-6H3,(H,17,18). The molecule has 0 saturated heterocycles. The van der Waals surface area contributed by atoms with E-state index in [1.54, 1.807) is 7.11 Å². The molecule has 1 N–H and O–H groups in total. The van der Waals surface area contributed by atoms with E-state index in [4.69, 9.17) is 4.74 Å². The number of anilines is 1. The van der Waals surface area contributed by atoms with Crippen LogP contribution in [-0.2, 0) is 4.74 Å². The number of imidazole rings is 1. The fourth-order valence-corrected chi connectivity index (χ4v) is 2.25. The molecule has 1 unspecified atom stereocenters. The summed E-state index contributed by atoms with van der Waals surface area (Å²) in [5.74, 6) is 0.953. The summed E-state index contributed by atoms with van der Waals surface area (Å²) in [6, 6.07) is 0.917. The van der Waals surface area contributed by atoms with Crippen molar-refractivity contribution in [1.29, 1.82) is 0 Å². The number of ether oxygens (including phenoxy) is 1. The molecule has 21 heavy (non-hydrogen) atoms. The number of rotatable bonds is 10. The number of aryl methyl sites for hydroxylation is 1. The molecule has 0 spiro atoms. The monoisotopic (exact) mass is 296 g/mol. The Hall–Kier alpha value is -1.07. The smallest absolute Gasteiger partial charge is 0.203 e. The Kier molecular flexibility index (Phi) is 7.75. The van der Waals surface area contributed by atoms with Gasteiger partial charge in [0, 0.05) is 25.9 Å². The number of nitrogens with one attached hydrogen (secondary N) is 1. The molecule has 0 fully saturated rings. The van der Waals surface area contributed by atoms with Crippen molar-refractivity contribution in [3.05, 3.63) is 11.9 Å². The zero-order valence-corrected chi connectivity index (χ0v) is 14.5. The van der Waals surface area contributed by atoms with E-state index in [0.717, 1.165) is 31.2 Å². The van der Waals surface area contributed by atoms with Crippen molar-refractivity contribution in [1.82, 2.24) is 14.5 Å². The first-order valence-electron chi connectivity index (χ1n) is 7.94. The van der Waals surface area contributed by atoms with Gasteiger partial charge in [-0.2, -0.15) is 0 Å². The highest BCUT2D eigenvalue weighted by Gasteiger charge is 2.11. The lowest BCUT2D eigenvalue weighted by molar-refractivity contribution is 0.163. The summed E-state index contributed by atoms with van der Waals surface area (Å²) in [5.41, 5.74) is 1.04. The summed E-state index contributed by atoms with van der Waals surface area (Å²) in [7, 11) is 3.92. The van der Waals surface area contributed by atoms with E-state index in [9.17, 15) is 0 Å². The predicted octanol–water partition coefficient (Wildman–Crippen LogP) is 2.93. The fourth-order valence-electron chi connectivity index (χ4n) is 2.25. The average molecular weight is 296 g/mol. The Morgan fingerprint density at radius 1 is 1.33 bits per heavy atom. The molecule has 1 atom stereocenters. The van der Waals surface area contributed by atoms with Crippen LogP contribution in [0.2, 0.25) is 0 Å². The molecule has 1 rings (SSSR count). The molecule has 0 aliphatic heterocycles. The second-order valence-electron chi connectivity index (χ2n) is 6.13. The average Bonchev–Trinajstić information content (AvgIpc) is 2.79. The highest BCUT2D eigenvalue weighted by Crippen LogP contribution is 2.16. The third-order valence-electron chi connectivity index (χ3n) is 3.84. The molecular formula is C16H32N4O. The van der Waals surface area contributed by atoms with Crippen LogP contribution in [0.3, 0.4) is 0 Å². The fraction of sp³-hybridized carbons (Fsp3) is 0.812. The van der Waals surface area contributed by atoms with Gasteiger partial charge in [0.2, 0.25) is 5.95 Å². The van der Waals surface area contributed by atoms with Gasteiger partial charge in [0.05, 0.1) is 18.3 Å². The molecular weight excluding hydrogens is 264 g/mol. The van der Waals surface area contributed by atoms with Crippen molar-refractivity contribution >= 4 is 5.95 Å². The second kappa shape index (κ2) is 9.05. The van der Waals surface area contributed by atoms with Gasteiger partial charge in [-0.1, -0.05) is 0 Å². The van der Waals surface area contributed by atoms with Crippen molar-refractivity contribution in [2.24, 2.45) is 0 Å². The summed E-state index contributed by atoms with van der Waals surface area (Å²) < 4.78 is 7.40. The molecule has 0 amide bonds. The zero-order valence-electron chi connectivity index (χ0n) is 14.5. The van der Waals surface area contributed by atoms with Crippen molar-refractivity contribution in [2.45, 2.75) is 52.6 Å². The zero-order chi connectivity index (χ0) is 15.8. The molecule has 5 heteroatoms. The van der Waals surface area contributed by atoms with Gasteiger partial charge in [-0.25, -0.2) is 4.98 Å². The maximum Gasteiger partial charge on any atom is 0.203 e. The van der Waals surface area contributed by atoms with Crippen LogP contribution in [0, 0.1) is 6.92 Å². The summed E-state index contributed by atoms with van der Waals surface area (Å²) >= 11 is 0. The highest BCUT2D eigenvalue weighted by atomic mass is 16.5. The summed E-state index contributed by atoms with van der Waals surface area (Å²) in [4.78, 5) is 6.94. The van der Waals surface area contributed by atoms with Crippen LogP contribution in [-0.4, -0.2) is 54.3 Å². The number of hydrogen-bond donors (Lipinski definition) is 1. The molecule has 1 aromatic rings. The molecule has 1 aromatic heterocycles. The highest BCUT2D eigenvalue weighted by molar-refractivity contribution is 5.29. The lowest BCUT2D eigenvalue weighted by Gasteiger charge is -2.20. The molecule has 0 aromatic carbocycles. The number of nitrogens with zero attached hydrogens (tertiary/aromatic N) is 3. The molecule has 0 saturated carbocycles. The predicted molar refractivity (Wildman–Crippen MR) is 89.0 cm³/mol. The molecule has 122 valence electrons. The molecule has 0 bridgehead atoms. The SMILES string of the molecule is COCC(C)n1cc(C)nc1NCCCCN(C)C(C)C. The first-order chi connectivity index (χ1) is 9.95. The third-order valence-corrected chi connectivity index (χ3v) is 3.84. The van der Waals surface area contributed by atoms with Crippen LogP contribution in [0.1, 0.15) is 45.3 Å². The van der Waals surface area contributed by atoms with Crippen molar-refractivity contribution in [3.63, 3.8) is 0 Å². The van der Waals surface area contributed by atoms with Crippen LogP contribution in [0.25, 0.3) is 0 Å². The lowest BCUT2D eigenvalue weighted by Crippen LogP contribution is -2.27.